The van der Waals surface area contributed by atoms with Crippen LogP contribution < -0.4 is 0 Å². The predicted molar refractivity (Wildman–Crippen MR) is 102 cm³/mol. The lowest BCUT2D eigenvalue weighted by molar-refractivity contribution is -0.185. The minimum atomic E-state index is -0.506. The van der Waals surface area contributed by atoms with Gasteiger partial charge in [-0.25, -0.2) is 9.97 Å². The van der Waals surface area contributed by atoms with Gasteiger partial charge in [0.1, 0.15) is 0 Å². The molecule has 1 aromatic heterocycles. The van der Waals surface area contributed by atoms with E-state index in [1.54, 1.807) is 0 Å². The quantitative estimate of drug-likeness (QED) is 0.562. The third-order valence-corrected chi connectivity index (χ3v) is 6.49. The molecule has 0 radical (unpaired) electrons. The van der Waals surface area contributed by atoms with Gasteiger partial charge in [0.15, 0.2) is 5.16 Å². The highest BCUT2D eigenvalue weighted by atomic mass is 32.2. The fraction of sp³-hybridized carbons (Fsp3) is 0.750. The smallest absolute Gasteiger partial charge is 0.309 e. The van der Waals surface area contributed by atoms with Crippen molar-refractivity contribution in [1.82, 2.24) is 9.97 Å². The van der Waals surface area contributed by atoms with E-state index in [0.717, 1.165) is 17.8 Å². The zero-order valence-electron chi connectivity index (χ0n) is 16.4. The minimum Gasteiger partial charge on any atom is -0.434 e. The van der Waals surface area contributed by atoms with Crippen molar-refractivity contribution in [3.8, 4) is 0 Å². The van der Waals surface area contributed by atoms with E-state index in [1.165, 1.54) is 24.6 Å². The number of cyclic esters (lactones) is 1. The molecule has 1 unspecified atom stereocenters. The monoisotopic (exact) mass is 378 g/mol. The Labute approximate surface area is 160 Å². The molecule has 0 N–H and O–H groups in total. The number of hydrogen-bond acceptors (Lipinski definition) is 6. The number of ether oxygens (including phenoxy) is 2. The molecule has 1 aromatic rings. The molecule has 1 aliphatic heterocycles. The zero-order chi connectivity index (χ0) is 18.8. The van der Waals surface area contributed by atoms with E-state index < -0.39 is 6.29 Å². The molecule has 2 aliphatic rings. The van der Waals surface area contributed by atoms with E-state index in [1.807, 2.05) is 19.9 Å². The van der Waals surface area contributed by atoms with Crippen LogP contribution in [0, 0.1) is 31.6 Å². The first-order valence-corrected chi connectivity index (χ1v) is 10.5. The lowest BCUT2D eigenvalue weighted by Gasteiger charge is -2.38. The Morgan fingerprint density at radius 3 is 2.58 bits per heavy atom. The number of aromatic nitrogens is 2. The van der Waals surface area contributed by atoms with Gasteiger partial charge in [-0.3, -0.25) is 4.79 Å². The summed E-state index contributed by atoms with van der Waals surface area (Å²) in [6.07, 6.45) is 3.46. The van der Waals surface area contributed by atoms with Crippen LogP contribution in [0.5, 0.6) is 0 Å². The first-order valence-electron chi connectivity index (χ1n) is 9.65. The fourth-order valence-electron chi connectivity index (χ4n) is 4.05. The second kappa shape index (κ2) is 8.26. The molecule has 2 fully saturated rings. The first-order chi connectivity index (χ1) is 12.3. The summed E-state index contributed by atoms with van der Waals surface area (Å²) in [5.41, 5.74) is 1.87. The Balaban J connectivity index is 1.71. The molecule has 0 spiro atoms. The van der Waals surface area contributed by atoms with Crippen LogP contribution in [0.2, 0.25) is 0 Å². The van der Waals surface area contributed by atoms with Gasteiger partial charge in [-0.1, -0.05) is 39.0 Å². The maximum absolute atomic E-state index is 12.0. The zero-order valence-corrected chi connectivity index (χ0v) is 17.2. The highest BCUT2D eigenvalue weighted by Crippen LogP contribution is 2.39. The maximum Gasteiger partial charge on any atom is 0.309 e. The summed E-state index contributed by atoms with van der Waals surface area (Å²) in [6.45, 7) is 10.7. The largest absolute Gasteiger partial charge is 0.434 e. The maximum atomic E-state index is 12.0. The molecular weight excluding hydrogens is 348 g/mol. The van der Waals surface area contributed by atoms with Crippen molar-refractivity contribution in [2.45, 2.75) is 83.1 Å². The second-order valence-corrected chi connectivity index (χ2v) is 9.36. The summed E-state index contributed by atoms with van der Waals surface area (Å²) in [7, 11) is 0. The molecular formula is C20H30N2O3S. The number of thioether (sulfide) groups is 1. The van der Waals surface area contributed by atoms with E-state index in [2.05, 4.69) is 30.7 Å². The number of carbonyl (C=O) groups is 1. The van der Waals surface area contributed by atoms with E-state index in [9.17, 15) is 4.79 Å². The molecule has 3 rings (SSSR count). The van der Waals surface area contributed by atoms with Crippen LogP contribution >= 0.6 is 11.8 Å². The van der Waals surface area contributed by atoms with Gasteiger partial charge in [0, 0.05) is 11.4 Å². The Hall–Kier alpha value is -1.14. The summed E-state index contributed by atoms with van der Waals surface area (Å²) in [5, 5.41) is 0.602. The van der Waals surface area contributed by atoms with Crippen LogP contribution in [0.25, 0.3) is 0 Å². The predicted octanol–water partition coefficient (Wildman–Crippen LogP) is 4.30. The van der Waals surface area contributed by atoms with Gasteiger partial charge in [0.25, 0.3) is 0 Å². The number of esters is 1. The molecule has 5 atom stereocenters. The normalized spacial score (nSPS) is 32.1. The van der Waals surface area contributed by atoms with Gasteiger partial charge < -0.3 is 9.47 Å². The molecule has 6 heteroatoms. The van der Waals surface area contributed by atoms with Crippen LogP contribution in [0.4, 0.5) is 0 Å². The lowest BCUT2D eigenvalue weighted by Crippen LogP contribution is -2.39. The van der Waals surface area contributed by atoms with E-state index in [4.69, 9.17) is 9.47 Å². The molecule has 2 heterocycles. The lowest BCUT2D eigenvalue weighted by atomic mass is 9.75. The highest BCUT2D eigenvalue weighted by Gasteiger charge is 2.41. The molecule has 5 nitrogen and oxygen atoms in total. The Bertz CT molecular complexity index is 632. The SMILES string of the molecule is Cc1cc(C)nc(S[C@@H]2CC(=O)O[C@H]2OC2C[C@H](C)CC[C@H]2C(C)C)n1. The topological polar surface area (TPSA) is 61.3 Å². The Kier molecular flexibility index (Phi) is 6.23. The van der Waals surface area contributed by atoms with Gasteiger partial charge in [-0.05, 0) is 50.5 Å². The van der Waals surface area contributed by atoms with Gasteiger partial charge in [0.2, 0.25) is 6.29 Å². The van der Waals surface area contributed by atoms with E-state index in [-0.39, 0.29) is 17.3 Å². The molecule has 0 bridgehead atoms. The van der Waals surface area contributed by atoms with Gasteiger partial charge in [-0.15, -0.1) is 0 Å². The average molecular weight is 379 g/mol. The van der Waals surface area contributed by atoms with Crippen molar-refractivity contribution in [2.75, 3.05) is 0 Å². The van der Waals surface area contributed by atoms with Gasteiger partial charge >= 0.3 is 5.97 Å². The molecule has 26 heavy (non-hydrogen) atoms. The minimum absolute atomic E-state index is 0.0891. The summed E-state index contributed by atoms with van der Waals surface area (Å²) in [4.78, 5) is 20.9. The van der Waals surface area contributed by atoms with Crippen molar-refractivity contribution >= 4 is 17.7 Å². The van der Waals surface area contributed by atoms with Gasteiger partial charge in [0.05, 0.1) is 17.8 Å². The second-order valence-electron chi connectivity index (χ2n) is 8.15. The van der Waals surface area contributed by atoms with E-state index in [0.29, 0.717) is 29.3 Å². The third kappa shape index (κ3) is 4.77. The highest BCUT2D eigenvalue weighted by molar-refractivity contribution is 7.99. The van der Waals surface area contributed by atoms with Crippen molar-refractivity contribution in [1.29, 1.82) is 0 Å². The van der Waals surface area contributed by atoms with Crippen molar-refractivity contribution in [3.63, 3.8) is 0 Å². The van der Waals surface area contributed by atoms with Crippen LogP contribution in [0.15, 0.2) is 11.2 Å². The summed E-state index contributed by atoms with van der Waals surface area (Å²) in [5.74, 6) is 1.55. The standard InChI is InChI=1S/C20H30N2O3S/c1-11(2)15-7-6-12(3)8-16(15)24-19-17(10-18(23)25-19)26-20-21-13(4)9-14(5)22-20/h9,11-12,15-17,19H,6-8,10H2,1-5H3/t12-,15+,16?,17-,19-/m1/s1. The van der Waals surface area contributed by atoms with Crippen LogP contribution in [0.3, 0.4) is 0 Å². The van der Waals surface area contributed by atoms with Crippen LogP contribution in [-0.4, -0.2) is 33.6 Å². The molecule has 1 saturated carbocycles. The van der Waals surface area contributed by atoms with Crippen molar-refractivity contribution in [3.05, 3.63) is 17.5 Å². The Morgan fingerprint density at radius 1 is 1.23 bits per heavy atom. The summed E-state index contributed by atoms with van der Waals surface area (Å²) < 4.78 is 11.9. The number of hydrogen-bond donors (Lipinski definition) is 0. The fourth-order valence-corrected chi connectivity index (χ4v) is 5.17. The summed E-state index contributed by atoms with van der Waals surface area (Å²) in [6, 6.07) is 1.95. The molecule has 1 aliphatic carbocycles. The number of nitrogens with zero attached hydrogens (tertiary/aromatic N) is 2. The first kappa shape index (κ1) is 19.6. The number of carbonyl (C=O) groups excluding carboxylic acids is 1. The van der Waals surface area contributed by atoms with Gasteiger partial charge in [-0.2, -0.15) is 0 Å². The van der Waals surface area contributed by atoms with Crippen LogP contribution in [0.1, 0.15) is 57.8 Å². The van der Waals surface area contributed by atoms with Crippen molar-refractivity contribution in [2.24, 2.45) is 17.8 Å². The molecule has 1 saturated heterocycles. The average Bonchev–Trinajstić information content (AvgIpc) is 2.85. The number of aryl methyl sites for hydroxylation is 2. The number of rotatable bonds is 5. The third-order valence-electron chi connectivity index (χ3n) is 5.41. The van der Waals surface area contributed by atoms with Crippen molar-refractivity contribution < 1.29 is 14.3 Å². The van der Waals surface area contributed by atoms with E-state index >= 15 is 0 Å². The van der Waals surface area contributed by atoms with Crippen LogP contribution in [-0.2, 0) is 14.3 Å². The Morgan fingerprint density at radius 2 is 1.92 bits per heavy atom. The molecule has 144 valence electrons. The molecule has 0 aromatic carbocycles. The molecule has 0 amide bonds. The summed E-state index contributed by atoms with van der Waals surface area (Å²) >= 11 is 1.50.